The third-order valence-corrected chi connectivity index (χ3v) is 8.03. The number of likely N-dealkylation sites (N-methyl/N-ethyl adjacent to an activating group) is 1. The van der Waals surface area contributed by atoms with Gasteiger partial charge in [-0.05, 0) is 68.5 Å². The molecule has 1 N–H and O–H groups in total. The van der Waals surface area contributed by atoms with Crippen molar-refractivity contribution in [2.75, 3.05) is 27.8 Å². The molecule has 2 bridgehead atoms. The van der Waals surface area contributed by atoms with Crippen LogP contribution < -0.4 is 9.47 Å². The summed E-state index contributed by atoms with van der Waals surface area (Å²) < 4.78 is 11.7. The summed E-state index contributed by atoms with van der Waals surface area (Å²) in [6.45, 7) is 1.14. The molecule has 1 fully saturated rings. The van der Waals surface area contributed by atoms with Gasteiger partial charge in [0, 0.05) is 33.6 Å². The fourth-order valence-electron chi connectivity index (χ4n) is 6.73. The second kappa shape index (κ2) is 6.02. The van der Waals surface area contributed by atoms with Crippen molar-refractivity contribution in [3.63, 3.8) is 0 Å². The van der Waals surface area contributed by atoms with Crippen molar-refractivity contribution in [2.24, 2.45) is 5.92 Å². The first kappa shape index (κ1) is 17.4. The van der Waals surface area contributed by atoms with Crippen LogP contribution in [0.4, 0.5) is 0 Å². The van der Waals surface area contributed by atoms with Gasteiger partial charge in [0.25, 0.3) is 0 Å². The molecule has 29 heavy (non-hydrogen) atoms. The Morgan fingerprint density at radius 2 is 1.93 bits per heavy atom. The fourth-order valence-corrected chi connectivity index (χ4v) is 6.73. The van der Waals surface area contributed by atoms with E-state index in [2.05, 4.69) is 53.3 Å². The molecule has 4 nitrogen and oxygen atoms in total. The maximum Gasteiger partial charge on any atom is 0.164 e. The quantitative estimate of drug-likeness (QED) is 0.718. The van der Waals surface area contributed by atoms with Gasteiger partial charge in [-0.3, -0.25) is 0 Å². The second-order valence-corrected chi connectivity index (χ2v) is 9.11. The number of aromatic nitrogens is 1. The second-order valence-electron chi connectivity index (χ2n) is 9.11. The molecule has 150 valence electrons. The van der Waals surface area contributed by atoms with Crippen molar-refractivity contribution in [3.8, 4) is 11.5 Å². The lowest BCUT2D eigenvalue weighted by molar-refractivity contribution is 0.0224. The SMILES string of the molecule is COc1ccc2c(c1OC)[C@]13CCN(C)[C@H](C2)[C@@H]1Cc1c([nH]c2ccccc12)C3. The van der Waals surface area contributed by atoms with Crippen LogP contribution in [-0.2, 0) is 24.7 Å². The highest BCUT2D eigenvalue weighted by Crippen LogP contribution is 2.58. The van der Waals surface area contributed by atoms with Crippen LogP contribution in [-0.4, -0.2) is 43.7 Å². The largest absolute Gasteiger partial charge is 0.493 e. The highest BCUT2D eigenvalue weighted by Gasteiger charge is 2.56. The van der Waals surface area contributed by atoms with Gasteiger partial charge in [0.1, 0.15) is 0 Å². The molecule has 4 heteroatoms. The van der Waals surface area contributed by atoms with Crippen LogP contribution in [0.2, 0.25) is 0 Å². The molecule has 3 aromatic rings. The lowest BCUT2D eigenvalue weighted by Gasteiger charge is -2.58. The molecule has 2 heterocycles. The topological polar surface area (TPSA) is 37.5 Å². The van der Waals surface area contributed by atoms with Gasteiger partial charge in [0.05, 0.1) is 14.2 Å². The Bertz CT molecular complexity index is 1120. The van der Waals surface area contributed by atoms with Gasteiger partial charge in [0.15, 0.2) is 11.5 Å². The molecule has 0 radical (unpaired) electrons. The van der Waals surface area contributed by atoms with Gasteiger partial charge in [-0.15, -0.1) is 0 Å². The summed E-state index contributed by atoms with van der Waals surface area (Å²) in [6.07, 6.45) is 4.45. The molecule has 0 unspecified atom stereocenters. The predicted molar refractivity (Wildman–Crippen MR) is 115 cm³/mol. The Balaban J connectivity index is 1.62. The summed E-state index contributed by atoms with van der Waals surface area (Å²) in [5.41, 5.74) is 7.19. The zero-order valence-corrected chi connectivity index (χ0v) is 17.4. The Labute approximate surface area is 171 Å². The third-order valence-electron chi connectivity index (χ3n) is 8.03. The number of nitrogens with one attached hydrogen (secondary N) is 1. The van der Waals surface area contributed by atoms with E-state index in [-0.39, 0.29) is 5.41 Å². The monoisotopic (exact) mass is 388 g/mol. The van der Waals surface area contributed by atoms with Crippen LogP contribution in [0.25, 0.3) is 10.9 Å². The average molecular weight is 389 g/mol. The maximum atomic E-state index is 5.99. The summed E-state index contributed by atoms with van der Waals surface area (Å²) in [7, 11) is 5.85. The van der Waals surface area contributed by atoms with Crippen molar-refractivity contribution in [2.45, 2.75) is 37.1 Å². The number of H-pyrrole nitrogens is 1. The number of methoxy groups -OCH3 is 2. The lowest BCUT2D eigenvalue weighted by Crippen LogP contribution is -2.61. The summed E-state index contributed by atoms with van der Waals surface area (Å²) in [6, 6.07) is 13.7. The number of aromatic amines is 1. The minimum absolute atomic E-state index is 0.110. The van der Waals surface area contributed by atoms with Gasteiger partial charge in [-0.25, -0.2) is 0 Å². The molecule has 2 aromatic carbocycles. The van der Waals surface area contributed by atoms with Crippen LogP contribution in [0.1, 0.15) is 28.8 Å². The number of piperidine rings is 1. The van der Waals surface area contributed by atoms with Crippen LogP contribution >= 0.6 is 0 Å². The molecule has 0 amide bonds. The van der Waals surface area contributed by atoms with Crippen molar-refractivity contribution >= 4 is 10.9 Å². The van der Waals surface area contributed by atoms with E-state index in [9.17, 15) is 0 Å². The first-order chi connectivity index (χ1) is 14.2. The lowest BCUT2D eigenvalue weighted by atomic mass is 9.52. The molecular weight excluding hydrogens is 360 g/mol. The van der Waals surface area contributed by atoms with E-state index in [0.29, 0.717) is 12.0 Å². The van der Waals surface area contributed by atoms with Crippen molar-refractivity contribution < 1.29 is 9.47 Å². The highest BCUT2D eigenvalue weighted by atomic mass is 16.5. The number of benzene rings is 2. The molecule has 6 rings (SSSR count). The van der Waals surface area contributed by atoms with E-state index in [0.717, 1.165) is 43.7 Å². The molecule has 1 aromatic heterocycles. The normalized spacial score (nSPS) is 27.8. The number of para-hydroxylation sites is 1. The van der Waals surface area contributed by atoms with Crippen LogP contribution in [0, 0.1) is 5.92 Å². The van der Waals surface area contributed by atoms with Gasteiger partial charge < -0.3 is 19.4 Å². The molecule has 1 saturated heterocycles. The number of likely N-dealkylation sites (tertiary alicyclic amines) is 1. The molecular formula is C25H28N2O2. The summed E-state index contributed by atoms with van der Waals surface area (Å²) in [5, 5.41) is 1.40. The number of rotatable bonds is 2. The number of fused-ring (bicyclic) bond motifs is 4. The smallest absolute Gasteiger partial charge is 0.164 e. The van der Waals surface area contributed by atoms with Gasteiger partial charge in [0.2, 0.25) is 0 Å². The zero-order valence-electron chi connectivity index (χ0n) is 17.4. The Morgan fingerprint density at radius 3 is 2.76 bits per heavy atom. The third kappa shape index (κ3) is 2.18. The zero-order chi connectivity index (χ0) is 19.8. The Kier molecular flexibility index (Phi) is 3.61. The van der Waals surface area contributed by atoms with Gasteiger partial charge in [-0.2, -0.15) is 0 Å². The Hall–Kier alpha value is -2.46. The van der Waals surface area contributed by atoms with Crippen molar-refractivity contribution in [3.05, 3.63) is 58.8 Å². The Morgan fingerprint density at radius 1 is 1.07 bits per heavy atom. The van der Waals surface area contributed by atoms with E-state index < -0.39 is 0 Å². The molecule has 2 aliphatic carbocycles. The highest BCUT2D eigenvalue weighted by molar-refractivity contribution is 5.85. The van der Waals surface area contributed by atoms with Crippen LogP contribution in [0.5, 0.6) is 11.5 Å². The molecule has 3 aliphatic rings. The first-order valence-electron chi connectivity index (χ1n) is 10.7. The standard InChI is InChI=1S/C25H28N2O2/c1-27-11-10-25-14-20-17(16-6-4-5-7-19(16)26-20)13-18(25)21(27)12-15-8-9-22(28-2)24(29-3)23(15)25/h4-9,18,21,26H,10-14H2,1-3H3/t18-,21+,25-/m0/s1. The first-order valence-corrected chi connectivity index (χ1v) is 10.7. The van der Waals surface area contributed by atoms with E-state index >= 15 is 0 Å². The van der Waals surface area contributed by atoms with Crippen LogP contribution in [0.3, 0.4) is 0 Å². The van der Waals surface area contributed by atoms with E-state index in [1.54, 1.807) is 14.2 Å². The van der Waals surface area contributed by atoms with Crippen LogP contribution in [0.15, 0.2) is 36.4 Å². The van der Waals surface area contributed by atoms with Gasteiger partial charge in [-0.1, -0.05) is 24.3 Å². The average Bonchev–Trinajstić information content (AvgIpc) is 3.11. The summed E-state index contributed by atoms with van der Waals surface area (Å²) >= 11 is 0. The minimum Gasteiger partial charge on any atom is -0.493 e. The minimum atomic E-state index is 0.110. The predicted octanol–water partition coefficient (Wildman–Crippen LogP) is 4.10. The number of nitrogens with zero attached hydrogens (tertiary/aromatic N) is 1. The molecule has 0 saturated carbocycles. The van der Waals surface area contributed by atoms with E-state index in [1.807, 2.05) is 0 Å². The van der Waals surface area contributed by atoms with Crippen molar-refractivity contribution in [1.29, 1.82) is 0 Å². The maximum absolute atomic E-state index is 5.99. The summed E-state index contributed by atoms with van der Waals surface area (Å²) in [5.74, 6) is 2.42. The molecule has 1 aliphatic heterocycles. The number of hydrogen-bond donors (Lipinski definition) is 1. The van der Waals surface area contributed by atoms with Crippen molar-refractivity contribution in [1.82, 2.24) is 9.88 Å². The molecule has 0 spiro atoms. The van der Waals surface area contributed by atoms with E-state index in [4.69, 9.17) is 9.47 Å². The van der Waals surface area contributed by atoms with E-state index in [1.165, 1.54) is 33.3 Å². The van der Waals surface area contributed by atoms with Gasteiger partial charge >= 0.3 is 0 Å². The number of ether oxygens (including phenoxy) is 2. The fraction of sp³-hybridized carbons (Fsp3) is 0.440. The number of hydrogen-bond acceptors (Lipinski definition) is 3. The molecule has 3 atom stereocenters. The summed E-state index contributed by atoms with van der Waals surface area (Å²) in [4.78, 5) is 6.37.